The number of ether oxygens (including phenoxy) is 1. The predicted octanol–water partition coefficient (Wildman–Crippen LogP) is 4.60. The minimum atomic E-state index is -0.435. The highest BCUT2D eigenvalue weighted by Crippen LogP contribution is 2.22. The molecule has 0 amide bonds. The average molecular weight is 349 g/mol. The Labute approximate surface area is 128 Å². The van der Waals surface area contributed by atoms with Gasteiger partial charge in [0.1, 0.15) is 17.1 Å². The van der Waals surface area contributed by atoms with Crippen LogP contribution in [0.4, 0.5) is 4.39 Å². The summed E-state index contributed by atoms with van der Waals surface area (Å²) in [6.07, 6.45) is 0. The summed E-state index contributed by atoms with van der Waals surface area (Å²) in [4.78, 5) is 12.0. The number of benzene rings is 2. The third kappa shape index (κ3) is 3.13. The number of hydrogen-bond acceptors (Lipinski definition) is 3. The van der Waals surface area contributed by atoms with E-state index in [1.54, 1.807) is 18.2 Å². The number of Topliss-reactive ketones (excluding diaryl/α,β-unsaturated/α-hetero) is 1. The number of ketones is 1. The number of para-hydroxylation sites is 1. The van der Waals surface area contributed by atoms with Crippen molar-refractivity contribution >= 4 is 32.7 Å². The summed E-state index contributed by atoms with van der Waals surface area (Å²) in [5.41, 5.74) is 0.648. The molecule has 0 aliphatic carbocycles. The maximum atomic E-state index is 13.2. The number of carbonyl (C=O) groups excluding carboxylic acids is 1. The van der Waals surface area contributed by atoms with Crippen LogP contribution in [0.5, 0.6) is 5.75 Å². The summed E-state index contributed by atoms with van der Waals surface area (Å²) in [6, 6.07) is 13.1. The SMILES string of the molecule is O=C(COc1cc(F)cc(Br)c1)c1cc2ccccc2o1. The van der Waals surface area contributed by atoms with Gasteiger partial charge in [0.15, 0.2) is 12.4 Å². The van der Waals surface area contributed by atoms with Crippen LogP contribution in [0.1, 0.15) is 10.6 Å². The van der Waals surface area contributed by atoms with E-state index in [0.29, 0.717) is 10.1 Å². The molecule has 21 heavy (non-hydrogen) atoms. The third-order valence-corrected chi connectivity index (χ3v) is 3.36. The van der Waals surface area contributed by atoms with Gasteiger partial charge in [-0.2, -0.15) is 0 Å². The van der Waals surface area contributed by atoms with Crippen LogP contribution in [0.3, 0.4) is 0 Å². The monoisotopic (exact) mass is 348 g/mol. The van der Waals surface area contributed by atoms with Crippen molar-refractivity contribution in [2.75, 3.05) is 6.61 Å². The van der Waals surface area contributed by atoms with E-state index in [2.05, 4.69) is 15.9 Å². The second kappa shape index (κ2) is 5.69. The molecule has 3 nitrogen and oxygen atoms in total. The van der Waals surface area contributed by atoms with Gasteiger partial charge in [0.05, 0.1) is 0 Å². The van der Waals surface area contributed by atoms with Gasteiger partial charge in [0.25, 0.3) is 0 Å². The lowest BCUT2D eigenvalue weighted by Gasteiger charge is -2.05. The number of fused-ring (bicyclic) bond motifs is 1. The molecule has 0 N–H and O–H groups in total. The van der Waals surface area contributed by atoms with Crippen molar-refractivity contribution in [1.82, 2.24) is 0 Å². The first-order chi connectivity index (χ1) is 10.1. The zero-order chi connectivity index (χ0) is 14.8. The van der Waals surface area contributed by atoms with Crippen LogP contribution in [-0.2, 0) is 0 Å². The Morgan fingerprint density at radius 2 is 2.00 bits per heavy atom. The molecule has 0 saturated carbocycles. The van der Waals surface area contributed by atoms with E-state index < -0.39 is 5.82 Å². The topological polar surface area (TPSA) is 39.4 Å². The van der Waals surface area contributed by atoms with Crippen LogP contribution in [-0.4, -0.2) is 12.4 Å². The molecule has 1 aromatic heterocycles. The highest BCUT2D eigenvalue weighted by Gasteiger charge is 2.13. The van der Waals surface area contributed by atoms with Crippen LogP contribution in [0.15, 0.2) is 57.4 Å². The van der Waals surface area contributed by atoms with Gasteiger partial charge in [-0.15, -0.1) is 0 Å². The standard InChI is InChI=1S/C16H10BrFO3/c17-11-6-12(18)8-13(7-11)20-9-14(19)16-5-10-3-1-2-4-15(10)21-16/h1-8H,9H2. The number of furan rings is 1. The molecule has 106 valence electrons. The molecule has 0 saturated heterocycles. The van der Waals surface area contributed by atoms with Crippen molar-refractivity contribution < 1.29 is 18.3 Å². The van der Waals surface area contributed by atoms with E-state index in [4.69, 9.17) is 9.15 Å². The Kier molecular flexibility index (Phi) is 3.75. The molecule has 0 atom stereocenters. The number of hydrogen-bond donors (Lipinski definition) is 0. The summed E-state index contributed by atoms with van der Waals surface area (Å²) >= 11 is 3.16. The first-order valence-electron chi connectivity index (χ1n) is 6.22. The van der Waals surface area contributed by atoms with E-state index in [0.717, 1.165) is 5.39 Å². The fraction of sp³-hybridized carbons (Fsp3) is 0.0625. The Hall–Kier alpha value is -2.14. The molecule has 2 aromatic carbocycles. The second-order valence-electron chi connectivity index (χ2n) is 4.47. The molecule has 3 rings (SSSR count). The Bertz CT molecular complexity index is 757. The van der Waals surface area contributed by atoms with Crippen LogP contribution in [0.2, 0.25) is 0 Å². The lowest BCUT2D eigenvalue weighted by molar-refractivity contribution is 0.0895. The Morgan fingerprint density at radius 1 is 1.19 bits per heavy atom. The molecular formula is C16H10BrFO3. The van der Waals surface area contributed by atoms with Gasteiger partial charge in [-0.1, -0.05) is 34.1 Å². The number of halogens is 2. The highest BCUT2D eigenvalue weighted by molar-refractivity contribution is 9.10. The lowest BCUT2D eigenvalue weighted by atomic mass is 10.2. The molecule has 0 radical (unpaired) electrons. The van der Waals surface area contributed by atoms with E-state index >= 15 is 0 Å². The molecule has 0 spiro atoms. The van der Waals surface area contributed by atoms with E-state index in [-0.39, 0.29) is 23.9 Å². The zero-order valence-corrected chi connectivity index (χ0v) is 12.4. The van der Waals surface area contributed by atoms with Gasteiger partial charge in [-0.3, -0.25) is 4.79 Å². The first-order valence-corrected chi connectivity index (χ1v) is 7.02. The zero-order valence-electron chi connectivity index (χ0n) is 10.8. The lowest BCUT2D eigenvalue weighted by Crippen LogP contribution is -2.10. The van der Waals surface area contributed by atoms with Crippen LogP contribution < -0.4 is 4.74 Å². The molecule has 0 aliphatic rings. The minimum absolute atomic E-state index is 0.213. The van der Waals surface area contributed by atoms with Crippen molar-refractivity contribution in [1.29, 1.82) is 0 Å². The average Bonchev–Trinajstić information content (AvgIpc) is 2.87. The van der Waals surface area contributed by atoms with Crippen LogP contribution >= 0.6 is 15.9 Å². The molecule has 5 heteroatoms. The maximum absolute atomic E-state index is 13.2. The fourth-order valence-corrected chi connectivity index (χ4v) is 2.40. The first kappa shape index (κ1) is 13.8. The van der Waals surface area contributed by atoms with E-state index in [9.17, 15) is 9.18 Å². The van der Waals surface area contributed by atoms with Gasteiger partial charge in [0.2, 0.25) is 5.78 Å². The van der Waals surface area contributed by atoms with E-state index in [1.165, 1.54) is 12.1 Å². The third-order valence-electron chi connectivity index (χ3n) is 2.91. The van der Waals surface area contributed by atoms with Crippen molar-refractivity contribution in [3.05, 3.63) is 64.6 Å². The maximum Gasteiger partial charge on any atom is 0.235 e. The predicted molar refractivity (Wildman–Crippen MR) is 80.1 cm³/mol. The van der Waals surface area contributed by atoms with E-state index in [1.807, 2.05) is 18.2 Å². The largest absolute Gasteiger partial charge is 0.485 e. The van der Waals surface area contributed by atoms with Gasteiger partial charge in [-0.05, 0) is 24.3 Å². The molecule has 0 fully saturated rings. The van der Waals surface area contributed by atoms with Crippen LogP contribution in [0, 0.1) is 5.82 Å². The smallest absolute Gasteiger partial charge is 0.235 e. The van der Waals surface area contributed by atoms with Gasteiger partial charge < -0.3 is 9.15 Å². The molecule has 3 aromatic rings. The normalized spacial score (nSPS) is 10.8. The molecule has 0 aliphatic heterocycles. The quantitative estimate of drug-likeness (QED) is 0.647. The summed E-state index contributed by atoms with van der Waals surface area (Å²) < 4.78 is 24.5. The summed E-state index contributed by atoms with van der Waals surface area (Å²) in [5.74, 6) is -0.222. The number of rotatable bonds is 4. The summed E-state index contributed by atoms with van der Waals surface area (Å²) in [5, 5.41) is 0.856. The molecule has 0 bridgehead atoms. The number of carbonyl (C=O) groups is 1. The van der Waals surface area contributed by atoms with Crippen LogP contribution in [0.25, 0.3) is 11.0 Å². The second-order valence-corrected chi connectivity index (χ2v) is 5.38. The van der Waals surface area contributed by atoms with Crippen molar-refractivity contribution in [2.45, 2.75) is 0 Å². The Balaban J connectivity index is 1.74. The summed E-state index contributed by atoms with van der Waals surface area (Å²) in [7, 11) is 0. The van der Waals surface area contributed by atoms with Crippen molar-refractivity contribution in [3.63, 3.8) is 0 Å². The Morgan fingerprint density at radius 3 is 2.76 bits per heavy atom. The fourth-order valence-electron chi connectivity index (χ4n) is 1.95. The molecule has 1 heterocycles. The van der Waals surface area contributed by atoms with Gasteiger partial charge in [-0.25, -0.2) is 4.39 Å². The molecular weight excluding hydrogens is 339 g/mol. The van der Waals surface area contributed by atoms with Crippen molar-refractivity contribution in [2.24, 2.45) is 0 Å². The summed E-state index contributed by atoms with van der Waals surface area (Å²) in [6.45, 7) is -0.213. The minimum Gasteiger partial charge on any atom is -0.485 e. The van der Waals surface area contributed by atoms with Gasteiger partial charge in [0, 0.05) is 15.9 Å². The van der Waals surface area contributed by atoms with Crippen molar-refractivity contribution in [3.8, 4) is 5.75 Å². The molecule has 0 unspecified atom stereocenters. The van der Waals surface area contributed by atoms with Gasteiger partial charge >= 0.3 is 0 Å². The highest BCUT2D eigenvalue weighted by atomic mass is 79.9.